The highest BCUT2D eigenvalue weighted by Crippen LogP contribution is 2.30. The molecule has 2 heterocycles. The van der Waals surface area contributed by atoms with Crippen molar-refractivity contribution >= 4 is 40.7 Å². The molecule has 11 nitrogen and oxygen atoms in total. The van der Waals surface area contributed by atoms with Gasteiger partial charge in [0, 0.05) is 36.8 Å². The molecule has 214 valence electrons. The molecular weight excluding hydrogens is 557 g/mol. The van der Waals surface area contributed by atoms with E-state index in [-0.39, 0.29) is 49.5 Å². The number of nitrogens with one attached hydrogen (secondary N) is 1. The number of aromatic nitrogens is 4. The maximum absolute atomic E-state index is 13.4. The maximum atomic E-state index is 13.4. The van der Waals surface area contributed by atoms with E-state index < -0.39 is 0 Å². The van der Waals surface area contributed by atoms with Crippen molar-refractivity contribution in [2.24, 2.45) is 5.92 Å². The molecule has 0 radical (unpaired) electrons. The molecule has 0 aliphatic carbocycles. The molecule has 0 spiro atoms. The van der Waals surface area contributed by atoms with Crippen molar-refractivity contribution in [3.63, 3.8) is 0 Å². The van der Waals surface area contributed by atoms with Crippen molar-refractivity contribution in [2.75, 3.05) is 32.1 Å². The zero-order valence-electron chi connectivity index (χ0n) is 22.6. The molecule has 40 heavy (non-hydrogen) atoms. The Bertz CT molecular complexity index is 1320. The van der Waals surface area contributed by atoms with E-state index in [1.807, 2.05) is 33.0 Å². The maximum Gasteiger partial charge on any atom is 0.246 e. The molecule has 2 N–H and O–H groups in total. The van der Waals surface area contributed by atoms with Gasteiger partial charge in [0.1, 0.15) is 24.7 Å². The van der Waals surface area contributed by atoms with E-state index in [2.05, 4.69) is 25.7 Å². The fourth-order valence-corrected chi connectivity index (χ4v) is 4.97. The van der Waals surface area contributed by atoms with Crippen molar-refractivity contribution in [3.05, 3.63) is 63.9 Å². The van der Waals surface area contributed by atoms with E-state index in [0.717, 1.165) is 5.56 Å². The minimum Gasteiger partial charge on any atom is -0.488 e. The quantitative estimate of drug-likeness (QED) is 0.390. The van der Waals surface area contributed by atoms with E-state index in [9.17, 15) is 14.7 Å². The Hall–Kier alpha value is -3.25. The van der Waals surface area contributed by atoms with Crippen LogP contribution in [0.1, 0.15) is 25.0 Å². The van der Waals surface area contributed by atoms with Crippen LogP contribution < -0.4 is 10.1 Å². The van der Waals surface area contributed by atoms with Crippen LogP contribution in [0.4, 0.5) is 5.69 Å². The van der Waals surface area contributed by atoms with E-state index in [4.69, 9.17) is 27.9 Å². The highest BCUT2D eigenvalue weighted by atomic mass is 35.5. The molecule has 0 bridgehead atoms. The molecule has 1 aliphatic heterocycles. The number of ether oxygens (including phenoxy) is 1. The number of rotatable bonds is 9. The van der Waals surface area contributed by atoms with Crippen LogP contribution in [0.5, 0.6) is 5.75 Å². The van der Waals surface area contributed by atoms with E-state index in [1.165, 1.54) is 11.0 Å². The summed E-state index contributed by atoms with van der Waals surface area (Å²) in [4.78, 5) is 29.7. The largest absolute Gasteiger partial charge is 0.488 e. The minimum absolute atomic E-state index is 0.0455. The molecule has 4 rings (SSSR count). The van der Waals surface area contributed by atoms with Crippen LogP contribution >= 0.6 is 23.2 Å². The lowest BCUT2D eigenvalue weighted by molar-refractivity contribution is -0.134. The van der Waals surface area contributed by atoms with Crippen LogP contribution in [-0.4, -0.2) is 85.8 Å². The number of carbonyl (C=O) groups is 2. The summed E-state index contributed by atoms with van der Waals surface area (Å²) in [5, 5.41) is 24.5. The van der Waals surface area contributed by atoms with Gasteiger partial charge in [0.2, 0.25) is 11.8 Å². The molecule has 2 aromatic carbocycles. The van der Waals surface area contributed by atoms with Crippen molar-refractivity contribution in [2.45, 2.75) is 45.5 Å². The lowest BCUT2D eigenvalue weighted by Gasteiger charge is -2.34. The number of carbonyl (C=O) groups excluding carboxylic acids is 2. The van der Waals surface area contributed by atoms with Gasteiger partial charge in [-0.25, -0.2) is 4.68 Å². The number of anilines is 1. The average molecular weight is 591 g/mol. The fourth-order valence-electron chi connectivity index (χ4n) is 4.65. The van der Waals surface area contributed by atoms with Gasteiger partial charge in [-0.3, -0.25) is 14.5 Å². The first-order valence-corrected chi connectivity index (χ1v) is 13.7. The molecule has 1 aliphatic rings. The Morgan fingerprint density at radius 2 is 2.05 bits per heavy atom. The number of nitrogens with zero attached hydrogens (tertiary/aromatic N) is 6. The number of aliphatic hydroxyl groups excluding tert-OH is 1. The normalized spacial score (nSPS) is 18.4. The highest BCUT2D eigenvalue weighted by Gasteiger charge is 2.31. The predicted octanol–water partition coefficient (Wildman–Crippen LogP) is 2.90. The first-order chi connectivity index (χ1) is 19.1. The molecule has 2 amide bonds. The molecule has 0 saturated heterocycles. The number of hydrogen-bond donors (Lipinski definition) is 2. The Kier molecular flexibility index (Phi) is 9.96. The van der Waals surface area contributed by atoms with Gasteiger partial charge in [-0.1, -0.05) is 36.2 Å². The second-order valence-corrected chi connectivity index (χ2v) is 11.0. The first-order valence-electron chi connectivity index (χ1n) is 13.0. The van der Waals surface area contributed by atoms with Gasteiger partial charge in [0.05, 0.1) is 29.1 Å². The van der Waals surface area contributed by atoms with Crippen LogP contribution in [-0.2, 0) is 29.1 Å². The van der Waals surface area contributed by atoms with Crippen LogP contribution in [0.25, 0.3) is 0 Å². The first kappa shape index (κ1) is 29.7. The van der Waals surface area contributed by atoms with Crippen molar-refractivity contribution < 1.29 is 19.4 Å². The molecule has 0 unspecified atom stereocenters. The highest BCUT2D eigenvalue weighted by molar-refractivity contribution is 6.42. The number of tetrazole rings is 1. The molecule has 0 fully saturated rings. The third kappa shape index (κ3) is 7.69. The summed E-state index contributed by atoms with van der Waals surface area (Å²) in [6.45, 7) is 5.29. The van der Waals surface area contributed by atoms with Crippen molar-refractivity contribution in [1.29, 1.82) is 0 Å². The zero-order chi connectivity index (χ0) is 28.8. The summed E-state index contributed by atoms with van der Waals surface area (Å²) in [5.41, 5.74) is 2.18. The van der Waals surface area contributed by atoms with E-state index >= 15 is 0 Å². The monoisotopic (exact) mass is 589 g/mol. The van der Waals surface area contributed by atoms with Crippen LogP contribution in [0, 0.1) is 5.92 Å². The topological polar surface area (TPSA) is 126 Å². The molecule has 3 aromatic rings. The molecule has 13 heteroatoms. The molecular formula is C27H33Cl2N7O4. The Labute approximate surface area is 243 Å². The van der Waals surface area contributed by atoms with Crippen LogP contribution in [0.15, 0.2) is 42.7 Å². The second-order valence-electron chi connectivity index (χ2n) is 10.2. The third-order valence-corrected chi connectivity index (χ3v) is 7.56. The average Bonchev–Trinajstić information content (AvgIpc) is 3.43. The zero-order valence-corrected chi connectivity index (χ0v) is 24.1. The Morgan fingerprint density at radius 1 is 1.25 bits per heavy atom. The number of fused-ring (bicyclic) bond motifs is 1. The van der Waals surface area contributed by atoms with Gasteiger partial charge in [-0.05, 0) is 60.3 Å². The number of halogens is 2. The second kappa shape index (κ2) is 13.4. The van der Waals surface area contributed by atoms with Crippen LogP contribution in [0.2, 0.25) is 10.0 Å². The molecule has 1 aromatic heterocycles. The van der Waals surface area contributed by atoms with Gasteiger partial charge in [-0.15, -0.1) is 5.10 Å². The SMILES string of the molecule is C[C@H]1CN([C@@H](C)CO)C(=O)Cc2cc(NC(=O)Cn3cnnn3)ccc2O[C@H]1CN(C)Cc1ccc(Cl)c(Cl)c1. The number of likely N-dealkylation sites (N-methyl/N-ethyl adjacent to an activating group) is 1. The Morgan fingerprint density at radius 3 is 2.75 bits per heavy atom. The summed E-state index contributed by atoms with van der Waals surface area (Å²) in [6, 6.07) is 10.5. The number of aliphatic hydroxyl groups is 1. The minimum atomic E-state index is -0.356. The third-order valence-electron chi connectivity index (χ3n) is 6.83. The lowest BCUT2D eigenvalue weighted by Crippen LogP contribution is -2.47. The standard InChI is InChI=1S/C27H33Cl2N7O4/c1-17-11-36(18(2)15-37)27(39)10-20-9-21(31-26(38)14-35-16-30-32-33-35)5-7-24(20)40-25(17)13-34(3)12-19-4-6-22(28)23(29)8-19/h4-9,16-18,25,37H,10-15H2,1-3H3,(H,31,38)/t17-,18-,25-/m0/s1. The van der Waals surface area contributed by atoms with Gasteiger partial charge >= 0.3 is 0 Å². The predicted molar refractivity (Wildman–Crippen MR) is 151 cm³/mol. The van der Waals surface area contributed by atoms with Gasteiger partial charge < -0.3 is 20.1 Å². The lowest BCUT2D eigenvalue weighted by atomic mass is 10.0. The summed E-state index contributed by atoms with van der Waals surface area (Å²) < 4.78 is 7.88. The molecule has 0 saturated carbocycles. The Balaban J connectivity index is 1.56. The van der Waals surface area contributed by atoms with Gasteiger partial charge in [0.25, 0.3) is 0 Å². The van der Waals surface area contributed by atoms with E-state index in [0.29, 0.717) is 46.7 Å². The summed E-state index contributed by atoms with van der Waals surface area (Å²) in [6.07, 6.45) is 1.15. The van der Waals surface area contributed by atoms with Crippen LogP contribution in [0.3, 0.4) is 0 Å². The summed E-state index contributed by atoms with van der Waals surface area (Å²) in [5.74, 6) is 0.0923. The summed E-state index contributed by atoms with van der Waals surface area (Å²) in [7, 11) is 1.99. The number of benzene rings is 2. The number of hydrogen-bond acceptors (Lipinski definition) is 8. The van der Waals surface area contributed by atoms with Gasteiger partial charge in [0.15, 0.2) is 0 Å². The summed E-state index contributed by atoms with van der Waals surface area (Å²) >= 11 is 12.3. The van der Waals surface area contributed by atoms with Crippen molar-refractivity contribution in [3.8, 4) is 5.75 Å². The van der Waals surface area contributed by atoms with Gasteiger partial charge in [-0.2, -0.15) is 0 Å². The molecule has 3 atom stereocenters. The van der Waals surface area contributed by atoms with Crippen molar-refractivity contribution in [1.82, 2.24) is 30.0 Å². The fraction of sp³-hybridized carbons (Fsp3) is 0.444. The van der Waals surface area contributed by atoms with E-state index in [1.54, 1.807) is 29.2 Å². The number of amides is 2. The smallest absolute Gasteiger partial charge is 0.246 e.